The van der Waals surface area contributed by atoms with E-state index in [2.05, 4.69) is 47.8 Å². The van der Waals surface area contributed by atoms with Crippen molar-refractivity contribution in [2.75, 3.05) is 126 Å². The number of likely N-dealkylation sites (tertiary alicyclic amines) is 3. The number of sulfone groups is 1. The molecule has 0 atom stereocenters. The van der Waals surface area contributed by atoms with E-state index >= 15 is 0 Å². The molecule has 0 N–H and O–H groups in total. The summed E-state index contributed by atoms with van der Waals surface area (Å²) in [5.74, 6) is 0.965. The topological polar surface area (TPSA) is 70.7 Å². The molecule has 5 fully saturated rings. The summed E-state index contributed by atoms with van der Waals surface area (Å²) in [6, 6.07) is 0. The molecule has 1 amide bonds. The van der Waals surface area contributed by atoms with Gasteiger partial charge in [0.25, 0.3) is 0 Å². The van der Waals surface area contributed by atoms with Gasteiger partial charge in [-0.25, -0.2) is 8.42 Å². The number of piperazine rings is 1. The fraction of sp³-hybridized carbons (Fsp3) is 0.971. The van der Waals surface area contributed by atoms with Gasteiger partial charge in [-0.3, -0.25) is 4.79 Å². The van der Waals surface area contributed by atoms with Gasteiger partial charge in [-0.15, -0.1) is 0 Å². The molecule has 5 heterocycles. The zero-order valence-corrected chi connectivity index (χ0v) is 30.5. The van der Waals surface area contributed by atoms with E-state index in [1.807, 2.05) is 46.7 Å². The minimum Gasteiger partial charge on any atom is -0.346 e. The standard InChI is InChI=1S/C6H14N2.2C6H13N.C5H11NO2S.C5H9NO.2C2H6.2CH4/c1-7-3-5-8(2)6-4-7;2*1-7-5-3-2-4-6-7;1-6-2-4-9(7,8)5-3-6;1-6-4-2-3-5(6)7;2*1-2;;/h3-6H2,1-2H3;2*2-6H2,1H3;2-5H2,1H3;2-4H2,1H3;2*1-2H3;2*1H4. The Hall–Kier alpha value is -0.780. The summed E-state index contributed by atoms with van der Waals surface area (Å²) in [5, 5.41) is 0. The molecule has 0 aromatic rings. The van der Waals surface area contributed by atoms with Crippen LogP contribution in [0.3, 0.4) is 0 Å². The van der Waals surface area contributed by atoms with Gasteiger partial charge in [-0.05, 0) is 93.5 Å². The molecule has 0 aromatic carbocycles. The van der Waals surface area contributed by atoms with Gasteiger partial charge in [0.2, 0.25) is 5.91 Å². The van der Waals surface area contributed by atoms with Gasteiger partial charge < -0.3 is 29.4 Å². The maximum absolute atomic E-state index is 10.8. The molecule has 0 saturated carbocycles. The fourth-order valence-electron chi connectivity index (χ4n) is 4.60. The average molecular weight is 653 g/mol. The lowest BCUT2D eigenvalue weighted by Crippen LogP contribution is -2.42. The quantitative estimate of drug-likeness (QED) is 0.363. The van der Waals surface area contributed by atoms with Crippen molar-refractivity contribution in [3.05, 3.63) is 0 Å². The highest BCUT2D eigenvalue weighted by molar-refractivity contribution is 7.91. The Kier molecular flexibility index (Phi) is 36.6. The lowest BCUT2D eigenvalue weighted by molar-refractivity contribution is -0.126. The minimum absolute atomic E-state index is 0. The summed E-state index contributed by atoms with van der Waals surface area (Å²) < 4.78 is 21.5. The van der Waals surface area contributed by atoms with Crippen LogP contribution >= 0.6 is 0 Å². The second kappa shape index (κ2) is 32.2. The maximum atomic E-state index is 10.8. The van der Waals surface area contributed by atoms with Crippen molar-refractivity contribution in [2.24, 2.45) is 0 Å². The number of hydrogen-bond donors (Lipinski definition) is 0. The SMILES string of the molecule is C.C.CC.CC.CN1CCCC1=O.CN1CCCCC1.CN1CCCCC1.CN1CCN(C)CC1.CN1CCS(=O)(=O)CC1. The Bertz CT molecular complexity index is 666. The third-order valence-corrected chi connectivity index (χ3v) is 9.37. The number of likely N-dealkylation sites (N-methyl/N-ethyl adjacent to an activating group) is 2. The van der Waals surface area contributed by atoms with Crippen molar-refractivity contribution in [3.63, 3.8) is 0 Å². The Morgan fingerprint density at radius 1 is 0.432 bits per heavy atom. The fourth-order valence-corrected chi connectivity index (χ4v) is 5.98. The van der Waals surface area contributed by atoms with E-state index in [0.717, 1.165) is 19.4 Å². The molecule has 0 radical (unpaired) electrons. The second-order valence-corrected chi connectivity index (χ2v) is 14.0. The third-order valence-electron chi connectivity index (χ3n) is 7.76. The van der Waals surface area contributed by atoms with Crippen LogP contribution in [0, 0.1) is 0 Å². The molecule has 10 heteroatoms. The largest absolute Gasteiger partial charge is 0.346 e. The van der Waals surface area contributed by atoms with Crippen LogP contribution in [0.1, 0.15) is 93.9 Å². The Morgan fingerprint density at radius 2 is 0.727 bits per heavy atom. The second-order valence-electron chi connectivity index (χ2n) is 11.7. The number of piperidine rings is 2. The smallest absolute Gasteiger partial charge is 0.222 e. The first-order valence-corrected chi connectivity index (χ1v) is 18.7. The first-order valence-electron chi connectivity index (χ1n) is 16.9. The lowest BCUT2D eigenvalue weighted by Gasteiger charge is -2.28. The number of carbonyl (C=O) groups is 1. The zero-order chi connectivity index (χ0) is 32.4. The summed E-state index contributed by atoms with van der Waals surface area (Å²) in [6.45, 7) is 20.6. The molecule has 44 heavy (non-hydrogen) atoms. The van der Waals surface area contributed by atoms with Gasteiger partial charge in [-0.2, -0.15) is 0 Å². The van der Waals surface area contributed by atoms with E-state index in [0.29, 0.717) is 30.5 Å². The number of rotatable bonds is 0. The molecule has 0 aromatic heterocycles. The Balaban J connectivity index is -0.000000219. The zero-order valence-electron chi connectivity index (χ0n) is 29.7. The Labute approximate surface area is 277 Å². The van der Waals surface area contributed by atoms with Gasteiger partial charge in [0, 0.05) is 59.3 Å². The van der Waals surface area contributed by atoms with Crippen LogP contribution in [0.2, 0.25) is 0 Å². The molecule has 0 bridgehead atoms. The first-order chi connectivity index (χ1) is 20.0. The number of amides is 1. The number of hydrogen-bond acceptors (Lipinski definition) is 8. The van der Waals surface area contributed by atoms with Crippen LogP contribution in [0.25, 0.3) is 0 Å². The van der Waals surface area contributed by atoms with E-state index in [1.165, 1.54) is 90.9 Å². The van der Waals surface area contributed by atoms with E-state index in [4.69, 9.17) is 0 Å². The maximum Gasteiger partial charge on any atom is 0.222 e. The summed E-state index contributed by atoms with van der Waals surface area (Å²) in [4.78, 5) is 23.8. The van der Waals surface area contributed by atoms with Crippen LogP contribution in [0.5, 0.6) is 0 Å². The molecule has 270 valence electrons. The van der Waals surface area contributed by atoms with Gasteiger partial charge in [0.05, 0.1) is 11.5 Å². The van der Waals surface area contributed by atoms with Gasteiger partial charge in [-0.1, -0.05) is 55.4 Å². The first kappa shape index (κ1) is 50.1. The Morgan fingerprint density at radius 3 is 0.909 bits per heavy atom. The molecular formula is C34H80N6O3S. The monoisotopic (exact) mass is 653 g/mol. The predicted molar refractivity (Wildman–Crippen MR) is 197 cm³/mol. The normalized spacial score (nSPS) is 22.2. The average Bonchev–Trinajstić information content (AvgIpc) is 3.38. The van der Waals surface area contributed by atoms with Crippen molar-refractivity contribution in [1.29, 1.82) is 0 Å². The molecule has 5 aliphatic rings. The van der Waals surface area contributed by atoms with E-state index < -0.39 is 9.84 Å². The molecular weight excluding hydrogens is 572 g/mol. The van der Waals surface area contributed by atoms with Gasteiger partial charge in [0.15, 0.2) is 9.84 Å². The van der Waals surface area contributed by atoms with Crippen LogP contribution in [-0.4, -0.2) is 170 Å². The van der Waals surface area contributed by atoms with Crippen molar-refractivity contribution in [3.8, 4) is 0 Å². The molecule has 5 saturated heterocycles. The summed E-state index contributed by atoms with van der Waals surface area (Å²) in [5.41, 5.74) is 0. The highest BCUT2D eigenvalue weighted by atomic mass is 32.2. The molecule has 9 nitrogen and oxygen atoms in total. The highest BCUT2D eigenvalue weighted by Gasteiger charge is 2.18. The minimum atomic E-state index is -2.66. The summed E-state index contributed by atoms with van der Waals surface area (Å²) in [7, 11) is 9.86. The summed E-state index contributed by atoms with van der Waals surface area (Å²) in [6.07, 6.45) is 10.4. The van der Waals surface area contributed by atoms with Crippen molar-refractivity contribution >= 4 is 15.7 Å². The van der Waals surface area contributed by atoms with E-state index in [-0.39, 0.29) is 14.9 Å². The lowest BCUT2D eigenvalue weighted by atomic mass is 10.1. The van der Waals surface area contributed by atoms with Gasteiger partial charge >= 0.3 is 0 Å². The van der Waals surface area contributed by atoms with Crippen molar-refractivity contribution in [2.45, 2.75) is 93.9 Å². The molecule has 5 aliphatic heterocycles. The molecule has 5 rings (SSSR count). The van der Waals surface area contributed by atoms with Crippen LogP contribution < -0.4 is 0 Å². The van der Waals surface area contributed by atoms with Crippen LogP contribution in [0.15, 0.2) is 0 Å². The van der Waals surface area contributed by atoms with Crippen molar-refractivity contribution in [1.82, 2.24) is 29.4 Å². The number of carbonyl (C=O) groups excluding carboxylic acids is 1. The molecule has 0 unspecified atom stereocenters. The third kappa shape index (κ3) is 29.9. The predicted octanol–water partition coefficient (Wildman–Crippen LogP) is 4.98. The summed E-state index contributed by atoms with van der Waals surface area (Å²) >= 11 is 0. The molecule has 0 spiro atoms. The number of nitrogens with zero attached hydrogens (tertiary/aromatic N) is 6. The highest BCUT2D eigenvalue weighted by Crippen LogP contribution is 2.06. The van der Waals surface area contributed by atoms with E-state index in [9.17, 15) is 13.2 Å². The van der Waals surface area contributed by atoms with Crippen LogP contribution in [-0.2, 0) is 14.6 Å². The van der Waals surface area contributed by atoms with Crippen molar-refractivity contribution < 1.29 is 13.2 Å². The van der Waals surface area contributed by atoms with Gasteiger partial charge in [0.1, 0.15) is 0 Å². The van der Waals surface area contributed by atoms with E-state index in [1.54, 1.807) is 4.90 Å². The van der Waals surface area contributed by atoms with Crippen LogP contribution in [0.4, 0.5) is 0 Å². The molecule has 0 aliphatic carbocycles.